The Balaban J connectivity index is 1.45. The fourth-order valence-electron chi connectivity index (χ4n) is 7.63. The van der Waals surface area contributed by atoms with Crippen LogP contribution in [-0.4, -0.2) is 132 Å². The minimum atomic E-state index is -0.653. The predicted octanol–water partition coefficient (Wildman–Crippen LogP) is 2.56. The van der Waals surface area contributed by atoms with Crippen molar-refractivity contribution in [3.8, 4) is 0 Å². The summed E-state index contributed by atoms with van der Waals surface area (Å²) in [7, 11) is 3.83. The van der Waals surface area contributed by atoms with Crippen LogP contribution in [0.15, 0.2) is 0 Å². The van der Waals surface area contributed by atoms with Gasteiger partial charge in [-0.2, -0.15) is 0 Å². The van der Waals surface area contributed by atoms with Gasteiger partial charge >= 0.3 is 0 Å². The molecule has 1 N–H and O–H groups in total. The average Bonchev–Trinajstić information content (AvgIpc) is 3.75. The van der Waals surface area contributed by atoms with E-state index < -0.39 is 11.5 Å². The molecule has 1 unspecified atom stereocenters. The monoisotopic (exact) mass is 602 g/mol. The number of amides is 4. The van der Waals surface area contributed by atoms with Gasteiger partial charge in [0.05, 0.1) is 12.1 Å². The molecule has 4 aliphatic rings. The van der Waals surface area contributed by atoms with Gasteiger partial charge in [-0.25, -0.2) is 0 Å². The fraction of sp³-hybridized carbons (Fsp3) is 0.879. The Bertz CT molecular complexity index is 1010. The molecule has 10 nitrogen and oxygen atoms in total. The number of carbonyl (C=O) groups excluding carboxylic acids is 4. The molecule has 0 aromatic rings. The smallest absolute Gasteiger partial charge is 0.245 e. The molecule has 43 heavy (non-hydrogen) atoms. The number of hydrogen-bond acceptors (Lipinski definition) is 6. The number of nitrogens with one attached hydrogen (secondary N) is 1. The van der Waals surface area contributed by atoms with Crippen molar-refractivity contribution in [2.24, 2.45) is 11.3 Å². The van der Waals surface area contributed by atoms with E-state index >= 15 is 0 Å². The van der Waals surface area contributed by atoms with E-state index in [1.165, 1.54) is 0 Å². The van der Waals surface area contributed by atoms with E-state index in [-0.39, 0.29) is 53.7 Å². The second-order valence-electron chi connectivity index (χ2n) is 14.9. The van der Waals surface area contributed by atoms with Gasteiger partial charge in [-0.3, -0.25) is 29.0 Å². The predicted molar refractivity (Wildman–Crippen MR) is 168 cm³/mol. The summed E-state index contributed by atoms with van der Waals surface area (Å²) < 4.78 is 0. The van der Waals surface area contributed by atoms with Crippen molar-refractivity contribution in [2.75, 3.05) is 53.4 Å². The largest absolute Gasteiger partial charge is 0.342 e. The van der Waals surface area contributed by atoms with Gasteiger partial charge < -0.3 is 20.0 Å². The highest BCUT2D eigenvalue weighted by atomic mass is 16.2. The Morgan fingerprint density at radius 2 is 1.40 bits per heavy atom. The minimum Gasteiger partial charge on any atom is -0.342 e. The van der Waals surface area contributed by atoms with Crippen molar-refractivity contribution < 1.29 is 19.2 Å². The van der Waals surface area contributed by atoms with E-state index in [4.69, 9.17) is 0 Å². The lowest BCUT2D eigenvalue weighted by Gasteiger charge is -2.41. The van der Waals surface area contributed by atoms with Gasteiger partial charge in [-0.1, -0.05) is 41.0 Å². The Labute approximate surface area is 259 Å². The lowest BCUT2D eigenvalue weighted by Crippen LogP contribution is -2.61. The van der Waals surface area contributed by atoms with Crippen molar-refractivity contribution in [1.29, 1.82) is 0 Å². The Morgan fingerprint density at radius 1 is 0.791 bits per heavy atom. The van der Waals surface area contributed by atoms with Gasteiger partial charge in [0, 0.05) is 39.3 Å². The third-order valence-corrected chi connectivity index (χ3v) is 10.4. The number of nitrogens with zero attached hydrogens (tertiary/aromatic N) is 5. The summed E-state index contributed by atoms with van der Waals surface area (Å²) in [6.07, 6.45) is 8.32. The standard InChI is InChI=1S/C33H58N6O4/c1-23(2)27(36(7)32(43)28(33(3,4)5)34-29(40)24-14-8-9-17-35(24)6)22-38-20-12-15-25(38)31(42)39-21-13-16-26(39)30(41)37-18-10-11-19-37/h23-28H,8-22H2,1-7H3,(H,34,40)/t24?,25-,26-,27+,28+/m0/s1. The van der Waals surface area contributed by atoms with Crippen molar-refractivity contribution >= 4 is 23.6 Å². The Morgan fingerprint density at radius 3 is 2.02 bits per heavy atom. The molecule has 4 heterocycles. The summed E-state index contributed by atoms with van der Waals surface area (Å²) in [5.41, 5.74) is -0.464. The maximum atomic E-state index is 14.1. The summed E-state index contributed by atoms with van der Waals surface area (Å²) in [6, 6.07) is -1.59. The topological polar surface area (TPSA) is 96.5 Å². The molecule has 0 radical (unpaired) electrons. The van der Waals surface area contributed by atoms with Crippen molar-refractivity contribution in [3.05, 3.63) is 0 Å². The van der Waals surface area contributed by atoms with Crippen LogP contribution >= 0.6 is 0 Å². The molecule has 4 rings (SSSR count). The van der Waals surface area contributed by atoms with Crippen LogP contribution < -0.4 is 5.32 Å². The van der Waals surface area contributed by atoms with Crippen LogP contribution in [0, 0.1) is 11.3 Å². The summed E-state index contributed by atoms with van der Waals surface area (Å²) in [4.78, 5) is 64.7. The van der Waals surface area contributed by atoms with Crippen molar-refractivity contribution in [1.82, 2.24) is 29.8 Å². The van der Waals surface area contributed by atoms with Gasteiger partial charge in [-0.05, 0) is 82.8 Å². The first-order valence-electron chi connectivity index (χ1n) is 16.9. The molecule has 0 bridgehead atoms. The highest BCUT2D eigenvalue weighted by molar-refractivity contribution is 5.91. The molecule has 244 valence electrons. The lowest BCUT2D eigenvalue weighted by atomic mass is 9.84. The summed E-state index contributed by atoms with van der Waals surface area (Å²) >= 11 is 0. The summed E-state index contributed by atoms with van der Waals surface area (Å²) in [5, 5.41) is 3.15. The number of piperidine rings is 1. The van der Waals surface area contributed by atoms with Crippen LogP contribution in [0.3, 0.4) is 0 Å². The van der Waals surface area contributed by atoms with Crippen molar-refractivity contribution in [3.63, 3.8) is 0 Å². The Hall–Kier alpha value is -2.20. The van der Waals surface area contributed by atoms with Crippen LogP contribution in [0.5, 0.6) is 0 Å². The fourth-order valence-corrected chi connectivity index (χ4v) is 7.63. The maximum absolute atomic E-state index is 14.1. The molecule has 10 heteroatoms. The van der Waals surface area contributed by atoms with Crippen LogP contribution in [-0.2, 0) is 19.2 Å². The quantitative estimate of drug-likeness (QED) is 0.436. The SMILES string of the molecule is CC(C)[C@@H](CN1CCC[C@H]1C(=O)N1CCC[C@H]1C(=O)N1CCCC1)N(C)C(=O)[C@@H](NC(=O)C1CCCCN1C)C(C)(C)C. The van der Waals surface area contributed by atoms with E-state index in [1.54, 1.807) is 0 Å². The second kappa shape index (κ2) is 14.3. The highest BCUT2D eigenvalue weighted by Gasteiger charge is 2.44. The molecular weight excluding hydrogens is 544 g/mol. The molecule has 0 aromatic heterocycles. The summed E-state index contributed by atoms with van der Waals surface area (Å²) in [6.45, 7) is 14.8. The third kappa shape index (κ3) is 7.72. The van der Waals surface area contributed by atoms with E-state index in [0.29, 0.717) is 13.1 Å². The summed E-state index contributed by atoms with van der Waals surface area (Å²) in [5.74, 6) is 0.186. The van der Waals surface area contributed by atoms with Gasteiger partial charge in [0.15, 0.2) is 0 Å². The van der Waals surface area contributed by atoms with Gasteiger partial charge in [0.25, 0.3) is 0 Å². The van der Waals surface area contributed by atoms with E-state index in [1.807, 2.05) is 49.6 Å². The number of hydrogen-bond donors (Lipinski definition) is 1. The molecule has 5 atom stereocenters. The molecule has 0 aromatic carbocycles. The van der Waals surface area contributed by atoms with E-state index in [9.17, 15) is 19.2 Å². The lowest BCUT2D eigenvalue weighted by molar-refractivity contribution is -0.146. The molecule has 0 spiro atoms. The zero-order valence-corrected chi connectivity index (χ0v) is 27.9. The molecule has 4 saturated heterocycles. The number of rotatable bonds is 9. The average molecular weight is 603 g/mol. The zero-order chi connectivity index (χ0) is 31.5. The number of likely N-dealkylation sites (tertiary alicyclic amines) is 4. The van der Waals surface area contributed by atoms with Crippen LogP contribution in [0.1, 0.15) is 92.4 Å². The number of likely N-dealkylation sites (N-methyl/N-ethyl adjacent to an activating group) is 2. The molecular formula is C33H58N6O4. The first-order chi connectivity index (χ1) is 20.3. The van der Waals surface area contributed by atoms with E-state index in [0.717, 1.165) is 84.0 Å². The van der Waals surface area contributed by atoms with Gasteiger partial charge in [0.1, 0.15) is 12.1 Å². The third-order valence-electron chi connectivity index (χ3n) is 10.4. The molecule has 4 aliphatic heterocycles. The van der Waals surface area contributed by atoms with Crippen LogP contribution in [0.25, 0.3) is 0 Å². The molecule has 4 fully saturated rings. The zero-order valence-electron chi connectivity index (χ0n) is 27.9. The second-order valence-corrected chi connectivity index (χ2v) is 14.9. The Kier molecular flexibility index (Phi) is 11.2. The van der Waals surface area contributed by atoms with E-state index in [2.05, 4.69) is 29.0 Å². The highest BCUT2D eigenvalue weighted by Crippen LogP contribution is 2.29. The normalized spacial score (nSPS) is 27.0. The van der Waals surface area contributed by atoms with Crippen LogP contribution in [0.2, 0.25) is 0 Å². The molecule has 0 aliphatic carbocycles. The molecule has 0 saturated carbocycles. The van der Waals surface area contributed by atoms with Gasteiger partial charge in [-0.15, -0.1) is 0 Å². The minimum absolute atomic E-state index is 0.0699. The maximum Gasteiger partial charge on any atom is 0.245 e. The number of carbonyl (C=O) groups is 4. The first kappa shape index (κ1) is 33.7. The molecule has 4 amide bonds. The first-order valence-corrected chi connectivity index (χ1v) is 16.9. The van der Waals surface area contributed by atoms with Crippen LogP contribution in [0.4, 0.5) is 0 Å². The van der Waals surface area contributed by atoms with Crippen molar-refractivity contribution in [2.45, 2.75) is 123 Å². The van der Waals surface area contributed by atoms with Gasteiger partial charge in [0.2, 0.25) is 23.6 Å².